The molecule has 2 aromatic rings. The smallest absolute Gasteiger partial charge is 0.254 e. The first-order valence-corrected chi connectivity index (χ1v) is 7.24. The minimum atomic E-state index is -0.565. The zero-order valence-electron chi connectivity index (χ0n) is 13.0. The number of nitrogens with zero attached hydrogens (tertiary/aromatic N) is 1. The fourth-order valence-electron chi connectivity index (χ4n) is 2.37. The van der Waals surface area contributed by atoms with Crippen LogP contribution in [0, 0.1) is 12.8 Å². The van der Waals surface area contributed by atoms with Gasteiger partial charge in [0.05, 0.1) is 0 Å². The molecule has 0 aliphatic heterocycles. The summed E-state index contributed by atoms with van der Waals surface area (Å²) in [7, 11) is 0. The maximum absolute atomic E-state index is 12.6. The van der Waals surface area contributed by atoms with Crippen molar-refractivity contribution in [3.05, 3.63) is 58.5 Å². The van der Waals surface area contributed by atoms with E-state index < -0.39 is 6.04 Å². The standard InChI is InChI=1S/C17H21N3O2/c1-11(2)15(20-10-4-5-12(3)17(20)22)16(21)19-14-8-6-13(18)7-9-14/h4-11,15H,18H2,1-3H3,(H,19,21). The summed E-state index contributed by atoms with van der Waals surface area (Å²) in [5.74, 6) is -0.235. The Morgan fingerprint density at radius 2 is 1.82 bits per heavy atom. The predicted molar refractivity (Wildman–Crippen MR) is 88.8 cm³/mol. The van der Waals surface area contributed by atoms with Gasteiger partial charge in [0.15, 0.2) is 0 Å². The Balaban J connectivity index is 2.31. The van der Waals surface area contributed by atoms with E-state index in [1.807, 2.05) is 13.8 Å². The van der Waals surface area contributed by atoms with Crippen molar-refractivity contribution >= 4 is 17.3 Å². The molecular formula is C17H21N3O2. The van der Waals surface area contributed by atoms with Crippen molar-refractivity contribution in [2.24, 2.45) is 5.92 Å². The minimum Gasteiger partial charge on any atom is -0.399 e. The molecule has 22 heavy (non-hydrogen) atoms. The molecule has 0 spiro atoms. The van der Waals surface area contributed by atoms with Gasteiger partial charge in [-0.2, -0.15) is 0 Å². The van der Waals surface area contributed by atoms with Crippen LogP contribution < -0.4 is 16.6 Å². The number of amides is 1. The lowest BCUT2D eigenvalue weighted by atomic mass is 10.0. The first-order chi connectivity index (χ1) is 10.4. The molecule has 0 bridgehead atoms. The quantitative estimate of drug-likeness (QED) is 0.852. The largest absolute Gasteiger partial charge is 0.399 e. The fraction of sp³-hybridized carbons (Fsp3) is 0.294. The second kappa shape index (κ2) is 6.47. The van der Waals surface area contributed by atoms with E-state index >= 15 is 0 Å². The highest BCUT2D eigenvalue weighted by molar-refractivity contribution is 5.94. The van der Waals surface area contributed by atoms with Crippen LogP contribution in [-0.4, -0.2) is 10.5 Å². The molecule has 5 heteroatoms. The predicted octanol–water partition coefficient (Wildman–Crippen LogP) is 2.57. The molecule has 1 atom stereocenters. The van der Waals surface area contributed by atoms with Crippen molar-refractivity contribution < 1.29 is 4.79 Å². The maximum Gasteiger partial charge on any atom is 0.254 e. The summed E-state index contributed by atoms with van der Waals surface area (Å²) >= 11 is 0. The topological polar surface area (TPSA) is 77.1 Å². The highest BCUT2D eigenvalue weighted by Crippen LogP contribution is 2.19. The molecule has 1 amide bonds. The average molecular weight is 299 g/mol. The Bertz CT molecular complexity index is 717. The van der Waals surface area contributed by atoms with Gasteiger partial charge in [0.1, 0.15) is 6.04 Å². The van der Waals surface area contributed by atoms with E-state index in [9.17, 15) is 9.59 Å². The van der Waals surface area contributed by atoms with Gasteiger partial charge in [-0.1, -0.05) is 19.9 Å². The lowest BCUT2D eigenvalue weighted by Crippen LogP contribution is -2.36. The normalized spacial score (nSPS) is 12.2. The monoisotopic (exact) mass is 299 g/mol. The van der Waals surface area contributed by atoms with Crippen molar-refractivity contribution in [1.29, 1.82) is 0 Å². The highest BCUT2D eigenvalue weighted by atomic mass is 16.2. The molecular weight excluding hydrogens is 278 g/mol. The second-order valence-corrected chi connectivity index (χ2v) is 5.70. The third kappa shape index (κ3) is 3.36. The second-order valence-electron chi connectivity index (χ2n) is 5.70. The van der Waals surface area contributed by atoms with Crippen molar-refractivity contribution in [2.75, 3.05) is 11.1 Å². The Labute approximate surface area is 129 Å². The lowest BCUT2D eigenvalue weighted by Gasteiger charge is -2.23. The van der Waals surface area contributed by atoms with E-state index in [0.717, 1.165) is 0 Å². The number of anilines is 2. The third-order valence-electron chi connectivity index (χ3n) is 3.54. The summed E-state index contributed by atoms with van der Waals surface area (Å²) in [4.78, 5) is 24.9. The van der Waals surface area contributed by atoms with Crippen LogP contribution in [0.25, 0.3) is 0 Å². The molecule has 2 rings (SSSR count). The summed E-state index contributed by atoms with van der Waals surface area (Å²) < 4.78 is 1.49. The van der Waals surface area contributed by atoms with E-state index in [4.69, 9.17) is 5.73 Å². The lowest BCUT2D eigenvalue weighted by molar-refractivity contribution is -0.120. The van der Waals surface area contributed by atoms with Crippen LogP contribution in [0.2, 0.25) is 0 Å². The Morgan fingerprint density at radius 1 is 1.18 bits per heavy atom. The summed E-state index contributed by atoms with van der Waals surface area (Å²) in [5.41, 5.74) is 7.40. The molecule has 1 heterocycles. The van der Waals surface area contributed by atoms with Gasteiger partial charge in [0.25, 0.3) is 5.56 Å². The number of aromatic nitrogens is 1. The molecule has 0 radical (unpaired) electrons. The molecule has 1 aromatic carbocycles. The van der Waals surface area contributed by atoms with Crippen LogP contribution in [0.15, 0.2) is 47.4 Å². The summed E-state index contributed by atoms with van der Waals surface area (Å²) in [6.45, 7) is 5.58. The number of carbonyl (C=O) groups excluding carboxylic acids is 1. The van der Waals surface area contributed by atoms with Crippen molar-refractivity contribution in [1.82, 2.24) is 4.57 Å². The van der Waals surface area contributed by atoms with Crippen LogP contribution in [0.1, 0.15) is 25.5 Å². The highest BCUT2D eigenvalue weighted by Gasteiger charge is 2.25. The van der Waals surface area contributed by atoms with Crippen LogP contribution in [0.4, 0.5) is 11.4 Å². The van der Waals surface area contributed by atoms with E-state index in [0.29, 0.717) is 16.9 Å². The Morgan fingerprint density at radius 3 is 2.41 bits per heavy atom. The van der Waals surface area contributed by atoms with Gasteiger partial charge >= 0.3 is 0 Å². The molecule has 5 nitrogen and oxygen atoms in total. The van der Waals surface area contributed by atoms with Gasteiger partial charge < -0.3 is 15.6 Å². The number of nitrogens with one attached hydrogen (secondary N) is 1. The average Bonchev–Trinajstić information content (AvgIpc) is 2.46. The van der Waals surface area contributed by atoms with E-state index in [1.54, 1.807) is 49.5 Å². The molecule has 0 aliphatic carbocycles. The minimum absolute atomic E-state index is 0.0201. The molecule has 116 valence electrons. The first-order valence-electron chi connectivity index (χ1n) is 7.24. The van der Waals surface area contributed by atoms with Gasteiger partial charge in [-0.3, -0.25) is 9.59 Å². The fourth-order valence-corrected chi connectivity index (χ4v) is 2.37. The summed E-state index contributed by atoms with van der Waals surface area (Å²) in [5, 5.41) is 2.84. The third-order valence-corrected chi connectivity index (χ3v) is 3.54. The van der Waals surface area contributed by atoms with Crippen molar-refractivity contribution in [3.63, 3.8) is 0 Å². The molecule has 1 aromatic heterocycles. The number of hydrogen-bond donors (Lipinski definition) is 2. The van der Waals surface area contributed by atoms with Crippen molar-refractivity contribution in [2.45, 2.75) is 26.8 Å². The summed E-state index contributed by atoms with van der Waals surface area (Å²) in [6, 6.07) is 9.88. The van der Waals surface area contributed by atoms with Gasteiger partial charge in [-0.15, -0.1) is 0 Å². The molecule has 1 unspecified atom stereocenters. The molecule has 0 saturated carbocycles. The Kier molecular flexibility index (Phi) is 4.65. The van der Waals surface area contributed by atoms with Crippen LogP contribution in [0.3, 0.4) is 0 Å². The zero-order valence-corrected chi connectivity index (χ0v) is 13.0. The SMILES string of the molecule is Cc1cccn(C(C(=O)Nc2ccc(N)cc2)C(C)C)c1=O. The maximum atomic E-state index is 12.6. The van der Waals surface area contributed by atoms with E-state index in [1.165, 1.54) is 4.57 Å². The number of benzene rings is 1. The zero-order chi connectivity index (χ0) is 16.3. The number of nitrogen functional groups attached to an aromatic ring is 1. The van der Waals surface area contributed by atoms with Gasteiger partial charge in [0, 0.05) is 23.1 Å². The molecule has 3 N–H and O–H groups in total. The molecule has 0 saturated heterocycles. The van der Waals surface area contributed by atoms with Gasteiger partial charge in [-0.25, -0.2) is 0 Å². The number of rotatable bonds is 4. The van der Waals surface area contributed by atoms with Gasteiger partial charge in [-0.05, 0) is 43.2 Å². The number of pyridine rings is 1. The number of hydrogen-bond acceptors (Lipinski definition) is 3. The van der Waals surface area contributed by atoms with E-state index in [2.05, 4.69) is 5.32 Å². The van der Waals surface area contributed by atoms with Crippen molar-refractivity contribution in [3.8, 4) is 0 Å². The molecule has 0 fully saturated rings. The van der Waals surface area contributed by atoms with E-state index in [-0.39, 0.29) is 17.4 Å². The molecule has 0 aliphatic rings. The Hall–Kier alpha value is -2.56. The first kappa shape index (κ1) is 15.8. The van der Waals surface area contributed by atoms with Crippen LogP contribution in [0.5, 0.6) is 0 Å². The number of aryl methyl sites for hydroxylation is 1. The van der Waals surface area contributed by atoms with Crippen LogP contribution in [-0.2, 0) is 4.79 Å². The number of nitrogens with two attached hydrogens (primary N) is 1. The van der Waals surface area contributed by atoms with Gasteiger partial charge in [0.2, 0.25) is 5.91 Å². The van der Waals surface area contributed by atoms with Crippen LogP contribution >= 0.6 is 0 Å². The number of carbonyl (C=O) groups is 1. The summed E-state index contributed by atoms with van der Waals surface area (Å²) in [6.07, 6.45) is 1.66.